The summed E-state index contributed by atoms with van der Waals surface area (Å²) in [5.41, 5.74) is 5.18. The molecule has 80 valence electrons. The fourth-order valence-corrected chi connectivity index (χ4v) is 1.18. The predicted octanol–water partition coefficient (Wildman–Crippen LogP) is -0.268. The third-order valence-corrected chi connectivity index (χ3v) is 2.02. The summed E-state index contributed by atoms with van der Waals surface area (Å²) in [4.78, 5) is 10.6. The van der Waals surface area contributed by atoms with Gasteiger partial charge in [0.1, 0.15) is 0 Å². The second kappa shape index (κ2) is 5.11. The van der Waals surface area contributed by atoms with Gasteiger partial charge in [-0.15, -0.1) is 0 Å². The van der Waals surface area contributed by atoms with E-state index in [-0.39, 0.29) is 0 Å². The fraction of sp³-hybridized carbons (Fsp3) is 0.200. The van der Waals surface area contributed by atoms with Gasteiger partial charge in [-0.25, -0.2) is 4.79 Å². The Morgan fingerprint density at radius 3 is 2.53 bits per heavy atom. The Hall–Kier alpha value is -1.88. The number of oxime groups is 1. The molecule has 0 radical (unpaired) electrons. The smallest absolute Gasteiger partial charge is 0.362 e. The minimum absolute atomic E-state index is 0.395. The lowest BCUT2D eigenvalue weighted by Gasteiger charge is -2.03. The molecule has 0 fully saturated rings. The van der Waals surface area contributed by atoms with E-state index in [0.717, 1.165) is 11.1 Å². The minimum Gasteiger partial charge on any atom is -0.477 e. The zero-order chi connectivity index (χ0) is 11.3. The highest BCUT2D eigenvalue weighted by molar-refractivity contribution is 5.79. The summed E-state index contributed by atoms with van der Waals surface area (Å²) in [5, 5.41) is 19.8. The summed E-state index contributed by atoms with van der Waals surface area (Å²) in [6, 6.07) is 6.45. The fourth-order valence-electron chi connectivity index (χ4n) is 1.18. The normalized spacial score (nSPS) is 12.9. The molecular weight excluding hydrogens is 196 g/mol. The standard InChI is InChI=1S/C10H12N2O3/c11-9(10(13)14)5-7-1-3-8(4-2-7)6-12-15/h1-4,6,9,15H,5,11H2,(H,13,14)/p+1/b12-6+. The highest BCUT2D eigenvalue weighted by Gasteiger charge is 2.15. The van der Waals surface area contributed by atoms with E-state index in [1.54, 1.807) is 24.3 Å². The van der Waals surface area contributed by atoms with Crippen LogP contribution in [0.15, 0.2) is 29.4 Å². The van der Waals surface area contributed by atoms with Gasteiger partial charge in [0.05, 0.1) is 6.21 Å². The largest absolute Gasteiger partial charge is 0.477 e. The Morgan fingerprint density at radius 1 is 1.47 bits per heavy atom. The molecule has 0 saturated heterocycles. The van der Waals surface area contributed by atoms with E-state index in [1.165, 1.54) is 6.21 Å². The summed E-state index contributed by atoms with van der Waals surface area (Å²) in [6.07, 6.45) is 1.70. The lowest BCUT2D eigenvalue weighted by atomic mass is 10.1. The first-order chi connectivity index (χ1) is 7.13. The van der Waals surface area contributed by atoms with Gasteiger partial charge in [-0.3, -0.25) is 0 Å². The van der Waals surface area contributed by atoms with Crippen LogP contribution in [0.1, 0.15) is 11.1 Å². The first-order valence-corrected chi connectivity index (χ1v) is 4.45. The lowest BCUT2D eigenvalue weighted by Crippen LogP contribution is -2.65. The van der Waals surface area contributed by atoms with Crippen LogP contribution in [0.25, 0.3) is 0 Å². The summed E-state index contributed by atoms with van der Waals surface area (Å²) < 4.78 is 0. The molecule has 0 spiro atoms. The molecule has 0 bridgehead atoms. The van der Waals surface area contributed by atoms with Crippen molar-refractivity contribution in [2.24, 2.45) is 5.16 Å². The number of carbonyl (C=O) groups is 1. The molecule has 1 unspecified atom stereocenters. The van der Waals surface area contributed by atoms with Crippen molar-refractivity contribution in [3.8, 4) is 0 Å². The van der Waals surface area contributed by atoms with Crippen LogP contribution in [0.4, 0.5) is 0 Å². The summed E-state index contributed by atoms with van der Waals surface area (Å²) in [6.45, 7) is 0. The van der Waals surface area contributed by atoms with Gasteiger partial charge in [-0.05, 0) is 11.1 Å². The molecule has 0 aliphatic heterocycles. The number of hydrogen-bond donors (Lipinski definition) is 3. The van der Waals surface area contributed by atoms with Crippen molar-refractivity contribution >= 4 is 12.2 Å². The van der Waals surface area contributed by atoms with Crippen molar-refractivity contribution in [2.75, 3.05) is 0 Å². The number of benzene rings is 1. The van der Waals surface area contributed by atoms with Gasteiger partial charge in [-0.1, -0.05) is 29.4 Å². The van der Waals surface area contributed by atoms with Gasteiger partial charge in [0.2, 0.25) is 0 Å². The maximum Gasteiger partial charge on any atom is 0.362 e. The molecule has 1 rings (SSSR count). The van der Waals surface area contributed by atoms with E-state index in [1.807, 2.05) is 0 Å². The zero-order valence-electron chi connectivity index (χ0n) is 8.13. The lowest BCUT2D eigenvalue weighted by molar-refractivity contribution is -0.407. The number of carboxylic acids is 1. The second-order valence-corrected chi connectivity index (χ2v) is 3.23. The van der Waals surface area contributed by atoms with Gasteiger partial charge < -0.3 is 16.0 Å². The van der Waals surface area contributed by atoms with Crippen LogP contribution in [0, 0.1) is 0 Å². The van der Waals surface area contributed by atoms with E-state index in [2.05, 4.69) is 10.9 Å². The van der Waals surface area contributed by atoms with E-state index in [4.69, 9.17) is 10.3 Å². The van der Waals surface area contributed by atoms with E-state index >= 15 is 0 Å². The highest BCUT2D eigenvalue weighted by Crippen LogP contribution is 2.04. The van der Waals surface area contributed by atoms with Crippen LogP contribution < -0.4 is 5.73 Å². The van der Waals surface area contributed by atoms with E-state index in [0.29, 0.717) is 6.42 Å². The Labute approximate surface area is 86.8 Å². The van der Waals surface area contributed by atoms with E-state index < -0.39 is 12.0 Å². The van der Waals surface area contributed by atoms with Crippen LogP contribution in [0.5, 0.6) is 0 Å². The third-order valence-electron chi connectivity index (χ3n) is 2.02. The predicted molar refractivity (Wildman–Crippen MR) is 53.8 cm³/mol. The molecule has 0 aliphatic carbocycles. The summed E-state index contributed by atoms with van der Waals surface area (Å²) in [5.74, 6) is -0.906. The molecule has 5 nitrogen and oxygen atoms in total. The molecule has 0 saturated carbocycles. The molecular formula is C10H13N2O3+. The quantitative estimate of drug-likeness (QED) is 0.362. The minimum atomic E-state index is -0.906. The molecule has 1 aromatic rings. The second-order valence-electron chi connectivity index (χ2n) is 3.23. The summed E-state index contributed by atoms with van der Waals surface area (Å²) in [7, 11) is 0. The molecule has 0 aliphatic rings. The van der Waals surface area contributed by atoms with Gasteiger partial charge in [0, 0.05) is 6.42 Å². The SMILES string of the molecule is [NH3+]C(Cc1ccc(/C=N/O)cc1)C(=O)O. The zero-order valence-corrected chi connectivity index (χ0v) is 8.13. The Bertz CT molecular complexity index is 359. The number of aliphatic carboxylic acids is 1. The van der Waals surface area contributed by atoms with Gasteiger partial charge in [0.15, 0.2) is 6.04 Å². The average molecular weight is 209 g/mol. The number of rotatable bonds is 4. The molecule has 0 amide bonds. The molecule has 15 heavy (non-hydrogen) atoms. The van der Waals surface area contributed by atoms with Gasteiger partial charge in [0.25, 0.3) is 0 Å². The van der Waals surface area contributed by atoms with E-state index in [9.17, 15) is 4.79 Å². The van der Waals surface area contributed by atoms with Crippen molar-refractivity contribution in [1.29, 1.82) is 0 Å². The van der Waals surface area contributed by atoms with Crippen molar-refractivity contribution in [1.82, 2.24) is 0 Å². The van der Waals surface area contributed by atoms with Crippen LogP contribution in [0.2, 0.25) is 0 Å². The van der Waals surface area contributed by atoms with Gasteiger partial charge >= 0.3 is 5.97 Å². The van der Waals surface area contributed by atoms with Crippen molar-refractivity contribution in [3.63, 3.8) is 0 Å². The molecule has 5 N–H and O–H groups in total. The van der Waals surface area contributed by atoms with Crippen LogP contribution in [-0.4, -0.2) is 28.5 Å². The van der Waals surface area contributed by atoms with Crippen molar-refractivity contribution < 1.29 is 20.8 Å². The van der Waals surface area contributed by atoms with Gasteiger partial charge in [-0.2, -0.15) is 0 Å². The Morgan fingerprint density at radius 2 is 2.07 bits per heavy atom. The first kappa shape index (κ1) is 11.2. The average Bonchev–Trinajstić information content (AvgIpc) is 2.21. The molecule has 1 aromatic carbocycles. The number of hydrogen-bond acceptors (Lipinski definition) is 3. The number of quaternary nitrogens is 1. The molecule has 5 heteroatoms. The monoisotopic (exact) mass is 209 g/mol. The maximum absolute atomic E-state index is 10.6. The third kappa shape index (κ3) is 3.40. The number of carboxylic acid groups (broad SMARTS) is 1. The van der Waals surface area contributed by atoms with Crippen LogP contribution >= 0.6 is 0 Å². The van der Waals surface area contributed by atoms with Crippen LogP contribution in [0.3, 0.4) is 0 Å². The maximum atomic E-state index is 10.6. The Balaban J connectivity index is 2.68. The summed E-state index contributed by atoms with van der Waals surface area (Å²) >= 11 is 0. The first-order valence-electron chi connectivity index (χ1n) is 4.45. The molecule has 1 atom stereocenters. The molecule has 0 heterocycles. The van der Waals surface area contributed by atoms with Crippen molar-refractivity contribution in [3.05, 3.63) is 35.4 Å². The Kier molecular flexibility index (Phi) is 3.82. The topological polar surface area (TPSA) is 97.5 Å². The highest BCUT2D eigenvalue weighted by atomic mass is 16.4. The van der Waals surface area contributed by atoms with Crippen molar-refractivity contribution in [2.45, 2.75) is 12.5 Å². The number of nitrogens with zero attached hydrogens (tertiary/aromatic N) is 1. The van der Waals surface area contributed by atoms with Crippen LogP contribution in [-0.2, 0) is 11.2 Å². The molecule has 0 aromatic heterocycles.